The molecule has 146 valence electrons. The smallest absolute Gasteiger partial charge is 0.416 e. The fourth-order valence-corrected chi connectivity index (χ4v) is 3.36. The molecule has 0 spiro atoms. The highest BCUT2D eigenvalue weighted by atomic mass is 32.1. The zero-order valence-corrected chi connectivity index (χ0v) is 17.3. The summed E-state index contributed by atoms with van der Waals surface area (Å²) in [5.41, 5.74) is -1.10. The first kappa shape index (κ1) is 20.5. The third kappa shape index (κ3) is 5.86. The summed E-state index contributed by atoms with van der Waals surface area (Å²) in [6.07, 6.45) is 2.26. The minimum absolute atomic E-state index is 0.0605. The Bertz CT molecular complexity index is 611. The van der Waals surface area contributed by atoms with Crippen LogP contribution < -0.4 is 4.90 Å². The van der Waals surface area contributed by atoms with E-state index in [0.29, 0.717) is 31.1 Å². The number of thiazole rings is 1. The number of hydrogen-bond donors (Lipinski definition) is 0. The monoisotopic (exact) mass is 383 g/mol. The third-order valence-electron chi connectivity index (χ3n) is 3.70. The van der Waals surface area contributed by atoms with E-state index in [1.165, 1.54) is 11.3 Å². The van der Waals surface area contributed by atoms with Crippen LogP contribution in [-0.4, -0.2) is 52.4 Å². The topological polar surface area (TPSA) is 72.0 Å². The van der Waals surface area contributed by atoms with E-state index in [4.69, 9.17) is 9.47 Å². The number of anilines is 1. The summed E-state index contributed by atoms with van der Waals surface area (Å²) in [6.45, 7) is 12.1. The molecule has 1 saturated heterocycles. The molecule has 0 aliphatic carbocycles. The van der Waals surface area contributed by atoms with Gasteiger partial charge in [0.2, 0.25) is 0 Å². The van der Waals surface area contributed by atoms with Crippen molar-refractivity contribution in [3.63, 3.8) is 0 Å². The third-order valence-corrected chi connectivity index (χ3v) is 4.47. The van der Waals surface area contributed by atoms with Gasteiger partial charge in [0, 0.05) is 30.7 Å². The Hall–Kier alpha value is -1.83. The van der Waals surface area contributed by atoms with E-state index in [-0.39, 0.29) is 12.1 Å². The minimum atomic E-state index is -0.580. The molecule has 0 aromatic carbocycles. The molecule has 0 unspecified atom stereocenters. The fourth-order valence-electron chi connectivity index (χ4n) is 2.66. The van der Waals surface area contributed by atoms with Crippen molar-refractivity contribution in [3.05, 3.63) is 11.6 Å². The average molecular weight is 384 g/mol. The minimum Gasteiger partial charge on any atom is -0.444 e. The molecule has 0 radical (unpaired) electrons. The number of aromatic nitrogens is 1. The number of rotatable bonds is 2. The van der Waals surface area contributed by atoms with Crippen LogP contribution >= 0.6 is 11.3 Å². The van der Waals surface area contributed by atoms with E-state index < -0.39 is 17.3 Å². The lowest BCUT2D eigenvalue weighted by molar-refractivity contribution is 0.0200. The Balaban J connectivity index is 2.05. The van der Waals surface area contributed by atoms with Gasteiger partial charge in [-0.3, -0.25) is 0 Å². The molecule has 1 aliphatic rings. The molecule has 1 aromatic heterocycles. The number of ether oxygens (including phenoxy) is 2. The lowest BCUT2D eigenvalue weighted by atomic mass is 10.0. The van der Waals surface area contributed by atoms with Crippen molar-refractivity contribution in [3.8, 4) is 0 Å². The number of amides is 2. The lowest BCUT2D eigenvalue weighted by Gasteiger charge is -2.38. The number of carbonyl (C=O) groups is 2. The predicted octanol–water partition coefficient (Wildman–Crippen LogP) is 4.28. The normalized spacial score (nSPS) is 16.3. The van der Waals surface area contributed by atoms with Crippen LogP contribution in [0.25, 0.3) is 0 Å². The molecular weight excluding hydrogens is 354 g/mol. The maximum atomic E-state index is 12.7. The van der Waals surface area contributed by atoms with Gasteiger partial charge in [-0.1, -0.05) is 0 Å². The quantitative estimate of drug-likeness (QED) is 0.762. The van der Waals surface area contributed by atoms with Crippen LogP contribution in [0.3, 0.4) is 0 Å². The second-order valence-electron chi connectivity index (χ2n) is 8.36. The molecule has 0 atom stereocenters. The molecule has 7 nitrogen and oxygen atoms in total. The van der Waals surface area contributed by atoms with Crippen molar-refractivity contribution in [2.24, 2.45) is 0 Å². The average Bonchev–Trinajstić information content (AvgIpc) is 2.98. The van der Waals surface area contributed by atoms with Crippen molar-refractivity contribution < 1.29 is 19.1 Å². The zero-order chi connectivity index (χ0) is 19.5. The summed E-state index contributed by atoms with van der Waals surface area (Å²) in [5.74, 6) is 0. The predicted molar refractivity (Wildman–Crippen MR) is 102 cm³/mol. The largest absolute Gasteiger partial charge is 0.444 e. The molecule has 2 heterocycles. The van der Waals surface area contributed by atoms with Crippen LogP contribution in [0.1, 0.15) is 54.4 Å². The maximum Gasteiger partial charge on any atom is 0.416 e. The second kappa shape index (κ2) is 7.82. The highest BCUT2D eigenvalue weighted by Crippen LogP contribution is 2.28. The molecule has 2 rings (SSSR count). The standard InChI is InChI=1S/C18H29N3O4S/c1-17(2,3)24-15(22)20-10-7-13(8-11-20)21(14-19-9-12-26-14)16(23)25-18(4,5)6/h9,12-13H,7-8,10-11H2,1-6H3. The number of likely N-dealkylation sites (tertiary alicyclic amines) is 1. The Labute approximate surface area is 159 Å². The summed E-state index contributed by atoms with van der Waals surface area (Å²) in [6, 6.07) is -0.0605. The number of carbonyl (C=O) groups excluding carboxylic acids is 2. The summed E-state index contributed by atoms with van der Waals surface area (Å²) < 4.78 is 11.0. The summed E-state index contributed by atoms with van der Waals surface area (Å²) in [4.78, 5) is 32.6. The molecule has 0 N–H and O–H groups in total. The van der Waals surface area contributed by atoms with Gasteiger partial charge in [-0.2, -0.15) is 0 Å². The van der Waals surface area contributed by atoms with E-state index in [1.54, 1.807) is 16.0 Å². The van der Waals surface area contributed by atoms with Crippen molar-refractivity contribution in [2.75, 3.05) is 18.0 Å². The van der Waals surface area contributed by atoms with Crippen LogP contribution in [0.4, 0.5) is 14.7 Å². The fraction of sp³-hybridized carbons (Fsp3) is 0.722. The van der Waals surface area contributed by atoms with E-state index in [0.717, 1.165) is 0 Å². The van der Waals surface area contributed by atoms with Crippen molar-refractivity contribution in [2.45, 2.75) is 71.6 Å². The molecule has 8 heteroatoms. The maximum absolute atomic E-state index is 12.7. The van der Waals surface area contributed by atoms with Crippen LogP contribution in [0.5, 0.6) is 0 Å². The molecule has 0 saturated carbocycles. The van der Waals surface area contributed by atoms with E-state index >= 15 is 0 Å². The van der Waals surface area contributed by atoms with Gasteiger partial charge >= 0.3 is 12.2 Å². The molecule has 26 heavy (non-hydrogen) atoms. The van der Waals surface area contributed by atoms with Crippen molar-refractivity contribution >= 4 is 28.7 Å². The Morgan fingerprint density at radius 3 is 2.15 bits per heavy atom. The highest BCUT2D eigenvalue weighted by Gasteiger charge is 2.35. The SMILES string of the molecule is CC(C)(C)OC(=O)N1CCC(N(C(=O)OC(C)(C)C)c2nccs2)CC1. The molecule has 1 fully saturated rings. The van der Waals surface area contributed by atoms with E-state index in [1.807, 2.05) is 46.9 Å². The molecule has 1 aliphatic heterocycles. The Morgan fingerprint density at radius 2 is 1.69 bits per heavy atom. The van der Waals surface area contributed by atoms with Crippen LogP contribution in [-0.2, 0) is 9.47 Å². The Morgan fingerprint density at radius 1 is 1.12 bits per heavy atom. The van der Waals surface area contributed by atoms with Gasteiger partial charge in [-0.25, -0.2) is 19.5 Å². The first-order valence-corrected chi connectivity index (χ1v) is 9.74. The van der Waals surface area contributed by atoms with Gasteiger partial charge in [0.25, 0.3) is 0 Å². The number of nitrogens with zero attached hydrogens (tertiary/aromatic N) is 3. The van der Waals surface area contributed by atoms with E-state index in [9.17, 15) is 9.59 Å². The van der Waals surface area contributed by atoms with Gasteiger partial charge in [0.05, 0.1) is 0 Å². The van der Waals surface area contributed by atoms with Crippen LogP contribution in [0.15, 0.2) is 11.6 Å². The van der Waals surface area contributed by atoms with Gasteiger partial charge in [-0.15, -0.1) is 11.3 Å². The van der Waals surface area contributed by atoms with Gasteiger partial charge < -0.3 is 14.4 Å². The number of hydrogen-bond acceptors (Lipinski definition) is 6. The molecule has 2 amide bonds. The van der Waals surface area contributed by atoms with Crippen LogP contribution in [0, 0.1) is 0 Å². The second-order valence-corrected chi connectivity index (χ2v) is 9.24. The first-order chi connectivity index (χ1) is 12.0. The van der Waals surface area contributed by atoms with E-state index in [2.05, 4.69) is 4.98 Å². The first-order valence-electron chi connectivity index (χ1n) is 8.86. The Kier molecular flexibility index (Phi) is 6.16. The van der Waals surface area contributed by atoms with Crippen molar-refractivity contribution in [1.82, 2.24) is 9.88 Å². The number of piperidine rings is 1. The summed E-state index contributed by atoms with van der Waals surface area (Å²) >= 11 is 1.40. The highest BCUT2D eigenvalue weighted by molar-refractivity contribution is 7.13. The summed E-state index contributed by atoms with van der Waals surface area (Å²) in [5, 5.41) is 2.46. The van der Waals surface area contributed by atoms with Gasteiger partial charge in [0.15, 0.2) is 5.13 Å². The van der Waals surface area contributed by atoms with Gasteiger partial charge in [0.1, 0.15) is 11.2 Å². The molecular formula is C18H29N3O4S. The zero-order valence-electron chi connectivity index (χ0n) is 16.4. The van der Waals surface area contributed by atoms with Crippen molar-refractivity contribution in [1.29, 1.82) is 0 Å². The molecule has 1 aromatic rings. The van der Waals surface area contributed by atoms with Gasteiger partial charge in [-0.05, 0) is 54.4 Å². The lowest BCUT2D eigenvalue weighted by Crippen LogP contribution is -2.51. The van der Waals surface area contributed by atoms with Crippen LogP contribution in [0.2, 0.25) is 0 Å². The molecule has 0 bridgehead atoms. The summed E-state index contributed by atoms with van der Waals surface area (Å²) in [7, 11) is 0.